The summed E-state index contributed by atoms with van der Waals surface area (Å²) in [7, 11) is 1.57. The number of methoxy groups -OCH3 is 1. The fourth-order valence-electron chi connectivity index (χ4n) is 2.34. The average molecular weight is 376 g/mol. The maximum atomic E-state index is 13.1. The van der Waals surface area contributed by atoms with Crippen LogP contribution in [0.15, 0.2) is 29.6 Å². The molecule has 2 rings (SSSR count). The number of nitrogens with zero attached hydrogens (tertiary/aromatic N) is 2. The van der Waals surface area contributed by atoms with Gasteiger partial charge in [-0.15, -0.1) is 11.3 Å². The number of thiazole rings is 1. The Balaban J connectivity index is 2.25. The Bertz CT molecular complexity index is 780. The number of hydrogen-bond acceptors (Lipinski definition) is 6. The largest absolute Gasteiger partial charge is 0.497 e. The number of amides is 1. The van der Waals surface area contributed by atoms with Gasteiger partial charge < -0.3 is 14.4 Å². The summed E-state index contributed by atoms with van der Waals surface area (Å²) in [5.74, 6) is 0.0595. The summed E-state index contributed by atoms with van der Waals surface area (Å²) < 4.78 is 10.2. The fraction of sp³-hybridized carbons (Fsp3) is 0.421. The number of carbonyl (C=O) groups is 2. The summed E-state index contributed by atoms with van der Waals surface area (Å²) in [4.78, 5) is 30.9. The third-order valence-electron chi connectivity index (χ3n) is 3.70. The van der Waals surface area contributed by atoms with Crippen LogP contribution in [0.25, 0.3) is 0 Å². The third kappa shape index (κ3) is 4.82. The Morgan fingerprint density at radius 2 is 2.00 bits per heavy atom. The van der Waals surface area contributed by atoms with Gasteiger partial charge >= 0.3 is 5.97 Å². The van der Waals surface area contributed by atoms with Crippen molar-refractivity contribution in [1.29, 1.82) is 0 Å². The van der Waals surface area contributed by atoms with Crippen molar-refractivity contribution in [2.24, 2.45) is 0 Å². The van der Waals surface area contributed by atoms with Gasteiger partial charge in [-0.3, -0.25) is 4.79 Å². The molecular formula is C19H24N2O4S. The highest BCUT2D eigenvalue weighted by atomic mass is 32.1. The molecule has 0 spiro atoms. The van der Waals surface area contributed by atoms with E-state index in [9.17, 15) is 9.59 Å². The monoisotopic (exact) mass is 376 g/mol. The number of carbonyl (C=O) groups excluding carboxylic acids is 2. The maximum absolute atomic E-state index is 13.1. The van der Waals surface area contributed by atoms with Gasteiger partial charge in [0.15, 0.2) is 5.69 Å². The standard InChI is InChI=1S/C19H24N2O4S/c1-6-25-18(23)15-12-26-16(20-15)11-21(19(2,3)4)17(22)13-8-7-9-14(10-13)24-5/h7-10,12H,6,11H2,1-5H3. The highest BCUT2D eigenvalue weighted by Gasteiger charge is 2.29. The van der Waals surface area contributed by atoms with E-state index in [1.54, 1.807) is 48.6 Å². The van der Waals surface area contributed by atoms with E-state index < -0.39 is 11.5 Å². The first-order valence-corrected chi connectivity index (χ1v) is 9.21. The smallest absolute Gasteiger partial charge is 0.357 e. The molecule has 1 aromatic heterocycles. The summed E-state index contributed by atoms with van der Waals surface area (Å²) in [5, 5.41) is 2.34. The van der Waals surface area contributed by atoms with E-state index in [1.807, 2.05) is 20.8 Å². The van der Waals surface area contributed by atoms with E-state index in [0.717, 1.165) is 0 Å². The molecule has 2 aromatic rings. The molecule has 0 bridgehead atoms. The van der Waals surface area contributed by atoms with E-state index in [1.165, 1.54) is 11.3 Å². The van der Waals surface area contributed by atoms with Gasteiger partial charge in [0.2, 0.25) is 0 Å². The zero-order valence-corrected chi connectivity index (χ0v) is 16.6. The Morgan fingerprint density at radius 1 is 1.27 bits per heavy atom. The number of esters is 1. The molecule has 0 aliphatic carbocycles. The molecule has 6 nitrogen and oxygen atoms in total. The van der Waals surface area contributed by atoms with Crippen LogP contribution in [0.1, 0.15) is 53.5 Å². The van der Waals surface area contributed by atoms with Crippen molar-refractivity contribution in [3.8, 4) is 5.75 Å². The molecule has 0 unspecified atom stereocenters. The Morgan fingerprint density at radius 3 is 2.62 bits per heavy atom. The molecule has 0 N–H and O–H groups in total. The number of benzene rings is 1. The number of rotatable bonds is 6. The zero-order valence-electron chi connectivity index (χ0n) is 15.7. The Kier molecular flexibility index (Phi) is 6.37. The van der Waals surface area contributed by atoms with Crippen molar-refractivity contribution in [3.05, 3.63) is 45.9 Å². The van der Waals surface area contributed by atoms with Gasteiger partial charge in [-0.2, -0.15) is 0 Å². The molecule has 0 atom stereocenters. The molecule has 140 valence electrons. The zero-order chi connectivity index (χ0) is 19.3. The lowest BCUT2D eigenvalue weighted by molar-refractivity contribution is 0.0520. The first-order valence-electron chi connectivity index (χ1n) is 8.33. The van der Waals surface area contributed by atoms with E-state index >= 15 is 0 Å². The summed E-state index contributed by atoms with van der Waals surface area (Å²) in [6.07, 6.45) is 0. The van der Waals surface area contributed by atoms with Crippen molar-refractivity contribution in [2.75, 3.05) is 13.7 Å². The first-order chi connectivity index (χ1) is 12.3. The maximum Gasteiger partial charge on any atom is 0.357 e. The van der Waals surface area contributed by atoms with Crippen molar-refractivity contribution in [3.63, 3.8) is 0 Å². The average Bonchev–Trinajstić information content (AvgIpc) is 3.07. The number of aromatic nitrogens is 1. The SMILES string of the molecule is CCOC(=O)c1csc(CN(C(=O)c2cccc(OC)c2)C(C)(C)C)n1. The lowest BCUT2D eigenvalue weighted by Crippen LogP contribution is -2.45. The van der Waals surface area contributed by atoms with Crippen molar-refractivity contribution in [1.82, 2.24) is 9.88 Å². The van der Waals surface area contributed by atoms with Gasteiger partial charge in [-0.1, -0.05) is 6.07 Å². The number of hydrogen-bond donors (Lipinski definition) is 0. The molecular weight excluding hydrogens is 352 g/mol. The predicted octanol–water partition coefficient (Wildman–Crippen LogP) is 3.77. The highest BCUT2D eigenvalue weighted by Crippen LogP contribution is 2.24. The normalized spacial score (nSPS) is 11.1. The lowest BCUT2D eigenvalue weighted by atomic mass is 10.0. The molecule has 1 aromatic carbocycles. The van der Waals surface area contributed by atoms with Crippen LogP contribution in [-0.4, -0.2) is 41.0 Å². The molecule has 0 aliphatic heterocycles. The topological polar surface area (TPSA) is 68.7 Å². The quantitative estimate of drug-likeness (QED) is 0.718. The van der Waals surface area contributed by atoms with Gasteiger partial charge in [0.25, 0.3) is 5.91 Å². The summed E-state index contributed by atoms with van der Waals surface area (Å²) in [6.45, 7) is 8.25. The molecule has 1 amide bonds. The van der Waals surface area contributed by atoms with Gasteiger partial charge in [-0.25, -0.2) is 9.78 Å². The van der Waals surface area contributed by atoms with Crippen LogP contribution < -0.4 is 4.74 Å². The molecule has 0 saturated carbocycles. The van der Waals surface area contributed by atoms with Crippen LogP contribution in [-0.2, 0) is 11.3 Å². The summed E-state index contributed by atoms with van der Waals surface area (Å²) in [6, 6.07) is 7.06. The molecule has 1 heterocycles. The van der Waals surface area contributed by atoms with E-state index in [0.29, 0.717) is 29.5 Å². The van der Waals surface area contributed by atoms with Crippen LogP contribution in [0.2, 0.25) is 0 Å². The van der Waals surface area contributed by atoms with Crippen molar-refractivity contribution in [2.45, 2.75) is 39.8 Å². The van der Waals surface area contributed by atoms with E-state index in [2.05, 4.69) is 4.98 Å². The van der Waals surface area contributed by atoms with Crippen molar-refractivity contribution >= 4 is 23.2 Å². The second-order valence-electron chi connectivity index (χ2n) is 6.64. The number of ether oxygens (including phenoxy) is 2. The molecule has 26 heavy (non-hydrogen) atoms. The highest BCUT2D eigenvalue weighted by molar-refractivity contribution is 7.09. The van der Waals surface area contributed by atoms with Crippen molar-refractivity contribution < 1.29 is 19.1 Å². The van der Waals surface area contributed by atoms with Gasteiger partial charge in [0.1, 0.15) is 10.8 Å². The Hall–Kier alpha value is -2.41. The van der Waals surface area contributed by atoms with Gasteiger partial charge in [0.05, 0.1) is 20.3 Å². The van der Waals surface area contributed by atoms with Crippen LogP contribution in [0, 0.1) is 0 Å². The van der Waals surface area contributed by atoms with E-state index in [-0.39, 0.29) is 11.6 Å². The third-order valence-corrected chi connectivity index (χ3v) is 4.53. The fourth-order valence-corrected chi connectivity index (χ4v) is 3.09. The first kappa shape index (κ1) is 19.9. The molecule has 0 fully saturated rings. The van der Waals surface area contributed by atoms with E-state index in [4.69, 9.17) is 9.47 Å². The minimum absolute atomic E-state index is 0.121. The second kappa shape index (κ2) is 8.31. The van der Waals surface area contributed by atoms with Gasteiger partial charge in [0, 0.05) is 16.5 Å². The molecule has 0 aliphatic rings. The second-order valence-corrected chi connectivity index (χ2v) is 7.58. The van der Waals surface area contributed by atoms with Gasteiger partial charge in [-0.05, 0) is 45.9 Å². The predicted molar refractivity (Wildman–Crippen MR) is 101 cm³/mol. The minimum Gasteiger partial charge on any atom is -0.497 e. The molecule has 0 saturated heterocycles. The Labute approximate surface area is 157 Å². The summed E-state index contributed by atoms with van der Waals surface area (Å²) >= 11 is 1.34. The summed E-state index contributed by atoms with van der Waals surface area (Å²) in [5.41, 5.74) is 0.395. The van der Waals surface area contributed by atoms with Crippen LogP contribution >= 0.6 is 11.3 Å². The van der Waals surface area contributed by atoms with Crippen LogP contribution in [0.4, 0.5) is 0 Å². The van der Waals surface area contributed by atoms with Crippen LogP contribution in [0.5, 0.6) is 5.75 Å². The minimum atomic E-state index is -0.448. The lowest BCUT2D eigenvalue weighted by Gasteiger charge is -2.35. The molecule has 7 heteroatoms. The van der Waals surface area contributed by atoms with Crippen LogP contribution in [0.3, 0.4) is 0 Å². The molecule has 0 radical (unpaired) electrons.